The first-order valence-corrected chi connectivity index (χ1v) is 12.5. The third-order valence-electron chi connectivity index (χ3n) is 6.77. The van der Waals surface area contributed by atoms with Gasteiger partial charge in [-0.25, -0.2) is 4.68 Å². The predicted octanol–water partition coefficient (Wildman–Crippen LogP) is 4.64. The first kappa shape index (κ1) is 25.9. The van der Waals surface area contributed by atoms with Crippen molar-refractivity contribution < 1.29 is 23.7 Å². The van der Waals surface area contributed by atoms with Crippen LogP contribution in [0, 0.1) is 0 Å². The summed E-state index contributed by atoms with van der Waals surface area (Å²) in [6.45, 7) is 0. The topological polar surface area (TPSA) is 109 Å². The molecule has 3 aromatic carbocycles. The number of amides is 1. The molecular formula is C29H31N5O5. The molecule has 0 unspecified atom stereocenters. The Morgan fingerprint density at radius 3 is 2.13 bits per heavy atom. The van der Waals surface area contributed by atoms with E-state index in [1.165, 1.54) is 0 Å². The fraction of sp³-hybridized carbons (Fsp3) is 0.276. The molecule has 39 heavy (non-hydrogen) atoms. The number of benzene rings is 3. The number of hydrogen-bond acceptors (Lipinski definition) is 8. The van der Waals surface area contributed by atoms with Gasteiger partial charge in [-0.2, -0.15) is 4.98 Å². The Hall–Kier alpha value is -4.73. The lowest BCUT2D eigenvalue weighted by atomic mass is 9.93. The van der Waals surface area contributed by atoms with Gasteiger partial charge in [-0.05, 0) is 59.5 Å². The fourth-order valence-electron chi connectivity index (χ4n) is 4.73. The van der Waals surface area contributed by atoms with Gasteiger partial charge in [0.25, 0.3) is 5.95 Å². The highest BCUT2D eigenvalue weighted by atomic mass is 16.5. The molecule has 0 saturated heterocycles. The minimum Gasteiger partial charge on any atom is -0.497 e. The first-order valence-electron chi connectivity index (χ1n) is 12.5. The Balaban J connectivity index is 1.40. The van der Waals surface area contributed by atoms with Crippen LogP contribution in [0.5, 0.6) is 23.0 Å². The highest BCUT2D eigenvalue weighted by Crippen LogP contribution is 2.39. The minimum atomic E-state index is -0.238. The lowest BCUT2D eigenvalue weighted by Gasteiger charge is -2.31. The summed E-state index contributed by atoms with van der Waals surface area (Å²) in [6, 6.07) is 21.1. The van der Waals surface area contributed by atoms with Crippen LogP contribution in [-0.2, 0) is 11.2 Å². The largest absolute Gasteiger partial charge is 0.497 e. The second kappa shape index (κ2) is 11.3. The van der Waals surface area contributed by atoms with Crippen LogP contribution in [0.15, 0.2) is 66.7 Å². The molecule has 2 N–H and O–H groups in total. The first-order chi connectivity index (χ1) is 19.0. The molecule has 0 radical (unpaired) electrons. The van der Waals surface area contributed by atoms with Crippen LogP contribution in [0.4, 0.5) is 11.9 Å². The molecule has 10 heteroatoms. The van der Waals surface area contributed by atoms with Crippen LogP contribution in [0.25, 0.3) is 0 Å². The number of aromatic nitrogens is 3. The maximum atomic E-state index is 12.9. The SMILES string of the molecule is COc1ccc([C@@H]2C[C@H](c3ccc(OC)cc3)n3nc(NC(=O)Cc4ccc(OC)c(OC)c4)nc3N2)cc1. The zero-order valence-corrected chi connectivity index (χ0v) is 22.3. The summed E-state index contributed by atoms with van der Waals surface area (Å²) in [5, 5.41) is 11.0. The van der Waals surface area contributed by atoms with Gasteiger partial charge in [-0.3, -0.25) is 10.1 Å². The second-order valence-corrected chi connectivity index (χ2v) is 9.11. The van der Waals surface area contributed by atoms with E-state index in [0.29, 0.717) is 17.4 Å². The smallest absolute Gasteiger partial charge is 0.250 e. The van der Waals surface area contributed by atoms with Crippen LogP contribution >= 0.6 is 0 Å². The number of nitrogens with one attached hydrogen (secondary N) is 2. The van der Waals surface area contributed by atoms with E-state index in [9.17, 15) is 4.79 Å². The maximum Gasteiger partial charge on any atom is 0.250 e. The quantitative estimate of drug-likeness (QED) is 0.323. The molecule has 0 fully saturated rings. The standard InChI is InChI=1S/C29H31N5O5/c1-36-21-10-6-19(7-11-21)23-17-24(20-8-12-22(37-2)13-9-20)34-29(30-23)32-28(33-34)31-27(35)16-18-5-14-25(38-3)26(15-18)39-4/h5-15,23-24H,16-17H2,1-4H3,(H2,30,31,32,33,35)/t23-,24+/m0/s1. The number of fused-ring (bicyclic) bond motifs is 1. The zero-order valence-electron chi connectivity index (χ0n) is 22.3. The predicted molar refractivity (Wildman–Crippen MR) is 147 cm³/mol. The molecule has 4 aromatic rings. The van der Waals surface area contributed by atoms with E-state index < -0.39 is 0 Å². The van der Waals surface area contributed by atoms with E-state index in [0.717, 1.165) is 34.6 Å². The van der Waals surface area contributed by atoms with E-state index in [1.54, 1.807) is 40.6 Å². The Morgan fingerprint density at radius 2 is 1.51 bits per heavy atom. The summed E-state index contributed by atoms with van der Waals surface area (Å²) >= 11 is 0. The number of rotatable bonds is 9. The normalized spacial score (nSPS) is 16.0. The second-order valence-electron chi connectivity index (χ2n) is 9.11. The molecular weight excluding hydrogens is 498 g/mol. The van der Waals surface area contributed by atoms with Crippen molar-refractivity contribution in [3.8, 4) is 23.0 Å². The molecule has 1 aromatic heterocycles. The Bertz CT molecular complexity index is 1440. The lowest BCUT2D eigenvalue weighted by molar-refractivity contribution is -0.115. The highest BCUT2D eigenvalue weighted by Gasteiger charge is 2.31. The molecule has 0 spiro atoms. The van der Waals surface area contributed by atoms with E-state index in [-0.39, 0.29) is 30.4 Å². The molecule has 202 valence electrons. The third-order valence-corrected chi connectivity index (χ3v) is 6.77. The van der Waals surface area contributed by atoms with E-state index in [4.69, 9.17) is 18.9 Å². The van der Waals surface area contributed by atoms with Crippen molar-refractivity contribution >= 4 is 17.8 Å². The lowest BCUT2D eigenvalue weighted by Crippen LogP contribution is -2.28. The van der Waals surface area contributed by atoms with Crippen molar-refractivity contribution in [1.82, 2.24) is 14.8 Å². The Kier molecular flexibility index (Phi) is 7.53. The third kappa shape index (κ3) is 5.59. The van der Waals surface area contributed by atoms with Gasteiger partial charge in [0.1, 0.15) is 11.5 Å². The number of ether oxygens (including phenoxy) is 4. The average Bonchev–Trinajstić information content (AvgIpc) is 3.38. The molecule has 2 atom stereocenters. The summed E-state index contributed by atoms with van der Waals surface area (Å²) < 4.78 is 23.1. The van der Waals surface area contributed by atoms with Crippen molar-refractivity contribution in [2.75, 3.05) is 39.1 Å². The van der Waals surface area contributed by atoms with Gasteiger partial charge in [0.15, 0.2) is 11.5 Å². The molecule has 0 saturated carbocycles. The van der Waals surface area contributed by atoms with E-state index >= 15 is 0 Å². The maximum absolute atomic E-state index is 12.9. The van der Waals surface area contributed by atoms with Crippen LogP contribution < -0.4 is 29.6 Å². The summed E-state index contributed by atoms with van der Waals surface area (Å²) in [7, 11) is 6.43. The number of anilines is 2. The number of carbonyl (C=O) groups excluding carboxylic acids is 1. The van der Waals surface area contributed by atoms with E-state index in [1.807, 2.05) is 59.3 Å². The Labute approximate surface area is 226 Å². The van der Waals surface area contributed by atoms with Crippen molar-refractivity contribution in [1.29, 1.82) is 0 Å². The summed E-state index contributed by atoms with van der Waals surface area (Å²) in [6.07, 6.45) is 0.863. The molecule has 10 nitrogen and oxygen atoms in total. The van der Waals surface area contributed by atoms with Gasteiger partial charge < -0.3 is 24.3 Å². The molecule has 1 aliphatic rings. The van der Waals surface area contributed by atoms with Crippen molar-refractivity contribution in [3.05, 3.63) is 83.4 Å². The van der Waals surface area contributed by atoms with Gasteiger partial charge in [0.05, 0.1) is 46.9 Å². The highest BCUT2D eigenvalue weighted by molar-refractivity contribution is 5.90. The molecule has 2 heterocycles. The van der Waals surface area contributed by atoms with E-state index in [2.05, 4.69) is 20.7 Å². The van der Waals surface area contributed by atoms with Crippen LogP contribution in [0.2, 0.25) is 0 Å². The average molecular weight is 530 g/mol. The molecule has 1 aliphatic heterocycles. The summed E-state index contributed by atoms with van der Waals surface area (Å²) in [4.78, 5) is 17.5. The van der Waals surface area contributed by atoms with Crippen LogP contribution in [-0.4, -0.2) is 49.1 Å². The van der Waals surface area contributed by atoms with Crippen LogP contribution in [0.3, 0.4) is 0 Å². The number of nitrogens with zero attached hydrogens (tertiary/aromatic N) is 3. The zero-order chi connectivity index (χ0) is 27.4. The minimum absolute atomic E-state index is 0.0185. The molecule has 1 amide bonds. The summed E-state index contributed by atoms with van der Waals surface area (Å²) in [5.74, 6) is 3.31. The molecule has 0 bridgehead atoms. The van der Waals surface area contributed by atoms with Crippen molar-refractivity contribution in [3.63, 3.8) is 0 Å². The number of carbonyl (C=O) groups is 1. The van der Waals surface area contributed by atoms with Crippen LogP contribution in [0.1, 0.15) is 35.2 Å². The fourth-order valence-corrected chi connectivity index (χ4v) is 4.73. The Morgan fingerprint density at radius 1 is 0.872 bits per heavy atom. The van der Waals surface area contributed by atoms with Gasteiger partial charge in [-0.15, -0.1) is 5.10 Å². The van der Waals surface area contributed by atoms with Gasteiger partial charge in [0.2, 0.25) is 11.9 Å². The summed E-state index contributed by atoms with van der Waals surface area (Å²) in [5.41, 5.74) is 2.94. The van der Waals surface area contributed by atoms with Gasteiger partial charge in [0, 0.05) is 0 Å². The number of hydrogen-bond donors (Lipinski definition) is 2. The van der Waals surface area contributed by atoms with Gasteiger partial charge >= 0.3 is 0 Å². The van der Waals surface area contributed by atoms with Crippen molar-refractivity contribution in [2.24, 2.45) is 0 Å². The monoisotopic (exact) mass is 529 g/mol. The molecule has 5 rings (SSSR count). The van der Waals surface area contributed by atoms with Crippen molar-refractivity contribution in [2.45, 2.75) is 24.9 Å². The molecule has 0 aliphatic carbocycles. The van der Waals surface area contributed by atoms with Gasteiger partial charge in [-0.1, -0.05) is 30.3 Å². The number of methoxy groups -OCH3 is 4.